The molecule has 0 unspecified atom stereocenters. The van der Waals surface area contributed by atoms with Crippen LogP contribution in [0.5, 0.6) is 0 Å². The van der Waals surface area contributed by atoms with Gasteiger partial charge in [-0.2, -0.15) is 5.10 Å². The molecule has 0 radical (unpaired) electrons. The molecule has 0 spiro atoms. The molecule has 8 nitrogen and oxygen atoms in total. The lowest BCUT2D eigenvalue weighted by molar-refractivity contribution is 0.0951. The summed E-state index contributed by atoms with van der Waals surface area (Å²) >= 11 is 0. The summed E-state index contributed by atoms with van der Waals surface area (Å²) in [6.07, 6.45) is 3.46. The predicted molar refractivity (Wildman–Crippen MR) is 114 cm³/mol. The standard InChI is InChI=1S/C22H25N5O3/c1-15-6-4-7-16(14-15)18-10-9-17(21(29)24-18)20(28)23-11-5-13-27-22(30)26-12-3-2-8-19(26)25-27/h4,6-7,9-10,14H,2-3,5,8,11-13H2,1H3,(H,23,28)(H,24,29). The van der Waals surface area contributed by atoms with E-state index in [0.717, 1.165) is 42.8 Å². The van der Waals surface area contributed by atoms with Gasteiger partial charge in [-0.3, -0.25) is 14.2 Å². The Morgan fingerprint density at radius 1 is 1.20 bits per heavy atom. The van der Waals surface area contributed by atoms with Gasteiger partial charge in [0.05, 0.1) is 0 Å². The third-order valence-corrected chi connectivity index (χ3v) is 5.35. The molecule has 30 heavy (non-hydrogen) atoms. The summed E-state index contributed by atoms with van der Waals surface area (Å²) in [4.78, 5) is 39.8. The van der Waals surface area contributed by atoms with Gasteiger partial charge in [0.1, 0.15) is 11.4 Å². The van der Waals surface area contributed by atoms with Gasteiger partial charge in [-0.1, -0.05) is 23.8 Å². The van der Waals surface area contributed by atoms with Gasteiger partial charge in [-0.05, 0) is 49.9 Å². The van der Waals surface area contributed by atoms with Crippen LogP contribution in [0, 0.1) is 6.92 Å². The number of pyridine rings is 1. The number of carbonyl (C=O) groups excluding carboxylic acids is 1. The molecular weight excluding hydrogens is 382 g/mol. The highest BCUT2D eigenvalue weighted by Crippen LogP contribution is 2.17. The topological polar surface area (TPSA) is 102 Å². The highest BCUT2D eigenvalue weighted by molar-refractivity contribution is 5.94. The molecule has 3 heterocycles. The Bertz CT molecular complexity index is 1190. The van der Waals surface area contributed by atoms with Gasteiger partial charge >= 0.3 is 5.69 Å². The number of aromatic nitrogens is 4. The number of hydrogen-bond acceptors (Lipinski definition) is 4. The Morgan fingerprint density at radius 3 is 2.83 bits per heavy atom. The van der Waals surface area contributed by atoms with Crippen molar-refractivity contribution in [1.29, 1.82) is 0 Å². The minimum atomic E-state index is -0.427. The molecule has 4 rings (SSSR count). The van der Waals surface area contributed by atoms with Gasteiger partial charge in [0.15, 0.2) is 0 Å². The fourth-order valence-corrected chi connectivity index (χ4v) is 3.75. The van der Waals surface area contributed by atoms with Crippen molar-refractivity contribution in [1.82, 2.24) is 24.6 Å². The van der Waals surface area contributed by atoms with Crippen molar-refractivity contribution in [3.05, 3.63) is 74.2 Å². The molecule has 1 aliphatic heterocycles. The van der Waals surface area contributed by atoms with Crippen molar-refractivity contribution in [2.75, 3.05) is 6.54 Å². The van der Waals surface area contributed by atoms with Crippen molar-refractivity contribution in [2.24, 2.45) is 0 Å². The van der Waals surface area contributed by atoms with Gasteiger partial charge < -0.3 is 10.3 Å². The number of benzene rings is 1. The van der Waals surface area contributed by atoms with E-state index in [9.17, 15) is 14.4 Å². The van der Waals surface area contributed by atoms with Gasteiger partial charge in [-0.25, -0.2) is 9.48 Å². The predicted octanol–water partition coefficient (Wildman–Crippen LogP) is 1.86. The lowest BCUT2D eigenvalue weighted by Crippen LogP contribution is -2.32. The summed E-state index contributed by atoms with van der Waals surface area (Å²) in [5.74, 6) is 0.416. The zero-order valence-corrected chi connectivity index (χ0v) is 17.0. The lowest BCUT2D eigenvalue weighted by atomic mass is 10.1. The van der Waals surface area contributed by atoms with Crippen molar-refractivity contribution < 1.29 is 4.79 Å². The van der Waals surface area contributed by atoms with E-state index in [-0.39, 0.29) is 11.3 Å². The van der Waals surface area contributed by atoms with Crippen molar-refractivity contribution in [3.63, 3.8) is 0 Å². The Hall–Kier alpha value is -3.42. The highest BCUT2D eigenvalue weighted by Gasteiger charge is 2.16. The Morgan fingerprint density at radius 2 is 2.07 bits per heavy atom. The van der Waals surface area contributed by atoms with E-state index >= 15 is 0 Å². The molecule has 0 bridgehead atoms. The zero-order valence-electron chi connectivity index (χ0n) is 17.0. The first-order valence-corrected chi connectivity index (χ1v) is 10.3. The van der Waals surface area contributed by atoms with Crippen LogP contribution in [-0.2, 0) is 19.5 Å². The average Bonchev–Trinajstić information content (AvgIpc) is 3.07. The number of rotatable bonds is 6. The number of H-pyrrole nitrogens is 1. The Balaban J connectivity index is 1.35. The number of hydrogen-bond donors (Lipinski definition) is 2. The number of aryl methyl sites for hydroxylation is 3. The molecule has 2 N–H and O–H groups in total. The summed E-state index contributed by atoms with van der Waals surface area (Å²) in [7, 11) is 0. The Kier molecular flexibility index (Phi) is 5.65. The molecule has 0 atom stereocenters. The van der Waals surface area contributed by atoms with Crippen molar-refractivity contribution >= 4 is 5.91 Å². The van der Waals surface area contributed by atoms with Crippen LogP contribution in [0.15, 0.2) is 46.0 Å². The van der Waals surface area contributed by atoms with E-state index in [0.29, 0.717) is 25.2 Å². The van der Waals surface area contributed by atoms with Crippen molar-refractivity contribution in [2.45, 2.75) is 45.7 Å². The molecule has 0 saturated carbocycles. The van der Waals surface area contributed by atoms with E-state index in [1.807, 2.05) is 31.2 Å². The smallest absolute Gasteiger partial charge is 0.345 e. The monoisotopic (exact) mass is 407 g/mol. The van der Waals surface area contributed by atoms with Crippen LogP contribution < -0.4 is 16.6 Å². The molecular formula is C22H25N5O3. The maximum absolute atomic E-state index is 12.4. The zero-order chi connectivity index (χ0) is 21.1. The van der Waals surface area contributed by atoms with E-state index in [1.165, 1.54) is 4.68 Å². The second-order valence-electron chi connectivity index (χ2n) is 7.62. The first-order chi connectivity index (χ1) is 14.5. The molecule has 0 saturated heterocycles. The molecule has 0 aliphatic carbocycles. The van der Waals surface area contributed by atoms with E-state index in [2.05, 4.69) is 15.4 Å². The third kappa shape index (κ3) is 4.12. The largest absolute Gasteiger partial charge is 0.352 e. The molecule has 3 aromatic rings. The molecule has 1 amide bonds. The summed E-state index contributed by atoms with van der Waals surface area (Å²) in [6.45, 7) is 3.50. The minimum Gasteiger partial charge on any atom is -0.352 e. The SMILES string of the molecule is Cc1cccc(-c2ccc(C(=O)NCCCn3nc4n(c3=O)CCCC4)c(=O)[nH]2)c1. The fraction of sp³-hybridized carbons (Fsp3) is 0.364. The van der Waals surface area contributed by atoms with Gasteiger partial charge in [0.25, 0.3) is 11.5 Å². The molecule has 0 fully saturated rings. The molecule has 1 aromatic carbocycles. The maximum atomic E-state index is 12.4. The second-order valence-corrected chi connectivity index (χ2v) is 7.62. The van der Waals surface area contributed by atoms with Crippen LogP contribution in [0.4, 0.5) is 0 Å². The average molecular weight is 407 g/mol. The highest BCUT2D eigenvalue weighted by atomic mass is 16.2. The molecule has 8 heteroatoms. The first kappa shape index (κ1) is 19.9. The molecule has 156 valence electrons. The number of aromatic amines is 1. The van der Waals surface area contributed by atoms with E-state index in [1.54, 1.807) is 16.7 Å². The Labute approximate surface area is 173 Å². The van der Waals surface area contributed by atoms with Crippen LogP contribution in [0.25, 0.3) is 11.3 Å². The van der Waals surface area contributed by atoms with Crippen LogP contribution in [0.1, 0.15) is 41.0 Å². The summed E-state index contributed by atoms with van der Waals surface area (Å²) in [6, 6.07) is 11.1. The van der Waals surface area contributed by atoms with Crippen LogP contribution >= 0.6 is 0 Å². The number of fused-ring (bicyclic) bond motifs is 1. The fourth-order valence-electron chi connectivity index (χ4n) is 3.75. The van der Waals surface area contributed by atoms with Crippen LogP contribution in [0.3, 0.4) is 0 Å². The van der Waals surface area contributed by atoms with E-state index in [4.69, 9.17) is 0 Å². The number of nitrogens with zero attached hydrogens (tertiary/aromatic N) is 3. The third-order valence-electron chi connectivity index (χ3n) is 5.35. The molecule has 2 aromatic heterocycles. The number of carbonyl (C=O) groups is 1. The number of amides is 1. The van der Waals surface area contributed by atoms with Crippen LogP contribution in [0.2, 0.25) is 0 Å². The first-order valence-electron chi connectivity index (χ1n) is 10.3. The summed E-state index contributed by atoms with van der Waals surface area (Å²) in [5, 5.41) is 7.13. The van der Waals surface area contributed by atoms with Crippen molar-refractivity contribution in [3.8, 4) is 11.3 Å². The van der Waals surface area contributed by atoms with E-state index < -0.39 is 11.5 Å². The number of nitrogens with one attached hydrogen (secondary N) is 2. The minimum absolute atomic E-state index is 0.0704. The maximum Gasteiger partial charge on any atom is 0.345 e. The second kappa shape index (κ2) is 8.52. The normalized spacial score (nSPS) is 13.1. The van der Waals surface area contributed by atoms with Gasteiger partial charge in [-0.15, -0.1) is 0 Å². The van der Waals surface area contributed by atoms with Crippen LogP contribution in [-0.4, -0.2) is 31.8 Å². The molecule has 1 aliphatic rings. The lowest BCUT2D eigenvalue weighted by Gasteiger charge is -2.09. The quantitative estimate of drug-likeness (QED) is 0.609. The van der Waals surface area contributed by atoms with Gasteiger partial charge in [0, 0.05) is 31.7 Å². The summed E-state index contributed by atoms with van der Waals surface area (Å²) < 4.78 is 3.20. The van der Waals surface area contributed by atoms with Gasteiger partial charge in [0.2, 0.25) is 0 Å². The summed E-state index contributed by atoms with van der Waals surface area (Å²) in [5.41, 5.74) is 2.22.